The van der Waals surface area contributed by atoms with Gasteiger partial charge in [0.25, 0.3) is 0 Å². The van der Waals surface area contributed by atoms with Gasteiger partial charge in [0, 0.05) is 39.3 Å². The van der Waals surface area contributed by atoms with Crippen LogP contribution in [0.1, 0.15) is 0 Å². The molecule has 8 heavy (non-hydrogen) atoms. The minimum absolute atomic E-state index is 0. The first-order valence-corrected chi connectivity index (χ1v) is 2.16. The third-order valence-electron chi connectivity index (χ3n) is 0.402. The Morgan fingerprint density at radius 2 is 1.88 bits per heavy atom. The van der Waals surface area contributed by atoms with Gasteiger partial charge in [0.05, 0.1) is 0 Å². The second-order valence-electron chi connectivity index (χ2n) is 1.24. The van der Waals surface area contributed by atoms with Crippen molar-refractivity contribution in [2.24, 2.45) is 0 Å². The van der Waals surface area contributed by atoms with E-state index in [0.29, 0.717) is 6.10 Å². The summed E-state index contributed by atoms with van der Waals surface area (Å²) in [5.74, 6) is 0. The normalized spacial score (nSPS) is 21.4. The first-order chi connectivity index (χ1) is 3.31. The molecule has 1 unspecified atom stereocenters. The van der Waals surface area contributed by atoms with E-state index in [9.17, 15) is 0 Å². The standard InChI is InChI=1S/C3H5O.C3H5.Y/c1-3-2-4-3;1-3-2;/h3H,1-2H2;3H,1-2H2;/q2*-1;. The van der Waals surface area contributed by atoms with E-state index in [-0.39, 0.29) is 32.7 Å². The van der Waals surface area contributed by atoms with Crippen LogP contribution in [0.2, 0.25) is 0 Å². The summed E-state index contributed by atoms with van der Waals surface area (Å²) < 4.78 is 4.60. The maximum absolute atomic E-state index is 4.60. The van der Waals surface area contributed by atoms with Crippen molar-refractivity contribution in [2.45, 2.75) is 6.10 Å². The van der Waals surface area contributed by atoms with Crippen LogP contribution in [0.25, 0.3) is 0 Å². The Kier molecular flexibility index (Phi) is 11.0. The summed E-state index contributed by atoms with van der Waals surface area (Å²) in [5.41, 5.74) is 0. The monoisotopic (exact) mass is 187 g/mol. The number of rotatable bonds is 0. The van der Waals surface area contributed by atoms with Crippen LogP contribution in [-0.4, -0.2) is 12.7 Å². The van der Waals surface area contributed by atoms with Gasteiger partial charge in [-0.15, -0.1) is 0 Å². The van der Waals surface area contributed by atoms with Crippen LogP contribution < -0.4 is 0 Å². The number of allylic oxidation sites excluding steroid dienone is 1. The molecule has 0 aromatic carbocycles. The Hall–Kier alpha value is 0.674. The predicted octanol–water partition coefficient (Wildman–Crippen LogP) is 1.22. The third-order valence-corrected chi connectivity index (χ3v) is 0.402. The maximum atomic E-state index is 4.60. The minimum atomic E-state index is 0. The third kappa shape index (κ3) is 15.9. The first-order valence-electron chi connectivity index (χ1n) is 2.16. The molecular weight excluding hydrogens is 177 g/mol. The van der Waals surface area contributed by atoms with Crippen molar-refractivity contribution >= 4 is 0 Å². The van der Waals surface area contributed by atoms with E-state index in [2.05, 4.69) is 25.2 Å². The Balaban J connectivity index is 0. The molecule has 1 heterocycles. The molecule has 0 saturated carbocycles. The van der Waals surface area contributed by atoms with Crippen LogP contribution >= 0.6 is 0 Å². The topological polar surface area (TPSA) is 12.5 Å². The molecule has 0 aromatic heterocycles. The van der Waals surface area contributed by atoms with Gasteiger partial charge in [0.15, 0.2) is 0 Å². The van der Waals surface area contributed by atoms with E-state index in [0.717, 1.165) is 6.61 Å². The summed E-state index contributed by atoms with van der Waals surface area (Å²) in [6.07, 6.45) is 1.83. The molecule has 0 N–H and O–H groups in total. The first kappa shape index (κ1) is 11.5. The summed E-state index contributed by atoms with van der Waals surface area (Å²) in [5, 5.41) is 0. The molecule has 1 nitrogen and oxygen atoms in total. The van der Waals surface area contributed by atoms with E-state index >= 15 is 0 Å². The molecular formula is C6H10OY-2. The van der Waals surface area contributed by atoms with Crippen molar-refractivity contribution < 1.29 is 37.4 Å². The van der Waals surface area contributed by atoms with Crippen LogP contribution in [0.3, 0.4) is 0 Å². The molecule has 1 aliphatic heterocycles. The Bertz CT molecular complexity index is 50.5. The van der Waals surface area contributed by atoms with Crippen LogP contribution in [0, 0.1) is 13.8 Å². The van der Waals surface area contributed by atoms with Gasteiger partial charge in [-0.25, -0.2) is 19.6 Å². The minimum Gasteiger partial charge on any atom is -0.408 e. The maximum Gasteiger partial charge on any atom is 0.0414 e. The predicted molar refractivity (Wildman–Crippen MR) is 30.7 cm³/mol. The largest absolute Gasteiger partial charge is 0.408 e. The van der Waals surface area contributed by atoms with Crippen molar-refractivity contribution in [2.75, 3.05) is 6.61 Å². The molecule has 0 spiro atoms. The molecule has 1 saturated heterocycles. The zero-order valence-corrected chi connectivity index (χ0v) is 7.81. The summed E-state index contributed by atoms with van der Waals surface area (Å²) >= 11 is 0. The second-order valence-corrected chi connectivity index (χ2v) is 1.24. The molecule has 2 heteroatoms. The van der Waals surface area contributed by atoms with E-state index in [1.54, 1.807) is 0 Å². The van der Waals surface area contributed by atoms with Crippen LogP contribution in [0.4, 0.5) is 0 Å². The van der Waals surface area contributed by atoms with Gasteiger partial charge in [0.1, 0.15) is 0 Å². The number of ether oxygens (including phenoxy) is 1. The Morgan fingerprint density at radius 1 is 1.75 bits per heavy atom. The van der Waals surface area contributed by atoms with Crippen LogP contribution in [0.15, 0.2) is 12.7 Å². The molecule has 1 aliphatic rings. The van der Waals surface area contributed by atoms with Gasteiger partial charge in [-0.1, -0.05) is 0 Å². The van der Waals surface area contributed by atoms with E-state index in [1.807, 2.05) is 0 Å². The Labute approximate surface area is 76.4 Å². The molecule has 0 aliphatic carbocycles. The molecule has 1 rings (SSSR count). The van der Waals surface area contributed by atoms with Gasteiger partial charge in [0.2, 0.25) is 0 Å². The quantitative estimate of drug-likeness (QED) is 0.410. The van der Waals surface area contributed by atoms with Gasteiger partial charge in [-0.05, 0) is 6.10 Å². The molecule has 0 amide bonds. The molecule has 0 bridgehead atoms. The van der Waals surface area contributed by atoms with E-state index in [1.165, 1.54) is 6.08 Å². The fourth-order valence-electron chi connectivity index (χ4n) is 0.0680. The average Bonchev–Trinajstić information content (AvgIpc) is 2.25. The van der Waals surface area contributed by atoms with Gasteiger partial charge in [-0.2, -0.15) is 0 Å². The van der Waals surface area contributed by atoms with Gasteiger partial charge < -0.3 is 11.7 Å². The summed E-state index contributed by atoms with van der Waals surface area (Å²) in [4.78, 5) is 0. The van der Waals surface area contributed by atoms with Gasteiger partial charge in [-0.3, -0.25) is 0 Å². The summed E-state index contributed by atoms with van der Waals surface area (Å²) in [7, 11) is 0. The zero-order chi connectivity index (χ0) is 5.70. The number of hydrogen-bond acceptors (Lipinski definition) is 1. The zero-order valence-electron chi connectivity index (χ0n) is 4.97. The number of hydrogen-bond donors (Lipinski definition) is 0. The van der Waals surface area contributed by atoms with Crippen molar-refractivity contribution in [1.82, 2.24) is 0 Å². The van der Waals surface area contributed by atoms with E-state index < -0.39 is 0 Å². The molecule has 1 atom stereocenters. The van der Waals surface area contributed by atoms with Crippen LogP contribution in [-0.2, 0) is 37.4 Å². The molecule has 1 fully saturated rings. The van der Waals surface area contributed by atoms with Crippen LogP contribution in [0.5, 0.6) is 0 Å². The van der Waals surface area contributed by atoms with Crippen molar-refractivity contribution in [3.05, 3.63) is 26.5 Å². The fraction of sp³-hybridized carbons (Fsp3) is 0.333. The van der Waals surface area contributed by atoms with E-state index in [4.69, 9.17) is 0 Å². The average molecular weight is 187 g/mol. The summed E-state index contributed by atoms with van der Waals surface area (Å²) in [6, 6.07) is 0. The SMILES string of the molecule is C=C[CH2-].[CH2-]C1CO1.[Y]. The van der Waals surface area contributed by atoms with Crippen molar-refractivity contribution in [3.63, 3.8) is 0 Å². The smallest absolute Gasteiger partial charge is 0.0414 e. The van der Waals surface area contributed by atoms with Crippen molar-refractivity contribution in [3.8, 4) is 0 Å². The van der Waals surface area contributed by atoms with Crippen molar-refractivity contribution in [1.29, 1.82) is 0 Å². The Morgan fingerprint density at radius 3 is 1.88 bits per heavy atom. The molecule has 1 radical (unpaired) electrons. The second kappa shape index (κ2) is 7.67. The molecule has 0 aromatic rings. The number of epoxide rings is 1. The summed E-state index contributed by atoms with van der Waals surface area (Å²) in [6.45, 7) is 10.9. The molecule has 45 valence electrons. The fourth-order valence-corrected chi connectivity index (χ4v) is 0.0680. The van der Waals surface area contributed by atoms with Gasteiger partial charge >= 0.3 is 0 Å².